The average molecular weight is 247 g/mol. The van der Waals surface area contributed by atoms with Gasteiger partial charge in [0.1, 0.15) is 0 Å². The van der Waals surface area contributed by atoms with Gasteiger partial charge in [-0.25, -0.2) is 0 Å². The number of rotatable bonds is 3. The van der Waals surface area contributed by atoms with Gasteiger partial charge in [0.05, 0.1) is 0 Å². The summed E-state index contributed by atoms with van der Waals surface area (Å²) in [5, 5.41) is 3.42. The van der Waals surface area contributed by atoms with Gasteiger partial charge in [0.25, 0.3) is 0 Å². The summed E-state index contributed by atoms with van der Waals surface area (Å²) in [5.41, 5.74) is 7.43. The van der Waals surface area contributed by atoms with E-state index < -0.39 is 0 Å². The van der Waals surface area contributed by atoms with Crippen molar-refractivity contribution in [1.29, 1.82) is 0 Å². The first-order valence-electron chi connectivity index (χ1n) is 7.08. The van der Waals surface area contributed by atoms with Crippen LogP contribution in [0.15, 0.2) is 6.07 Å². The van der Waals surface area contributed by atoms with Crippen molar-refractivity contribution in [3.8, 4) is 0 Å². The zero-order valence-corrected chi connectivity index (χ0v) is 13.4. The highest BCUT2D eigenvalue weighted by atomic mass is 14.8. The third-order valence-corrected chi connectivity index (χ3v) is 3.78. The highest BCUT2D eigenvalue weighted by Crippen LogP contribution is 2.37. The van der Waals surface area contributed by atoms with Crippen LogP contribution < -0.4 is 5.32 Å². The van der Waals surface area contributed by atoms with Crippen LogP contribution >= 0.6 is 0 Å². The number of anilines is 1. The van der Waals surface area contributed by atoms with E-state index in [2.05, 4.69) is 59.8 Å². The van der Waals surface area contributed by atoms with Crippen LogP contribution in [0, 0.1) is 6.92 Å². The molecule has 0 amide bonds. The minimum Gasteiger partial charge on any atom is -0.388 e. The van der Waals surface area contributed by atoms with Crippen molar-refractivity contribution >= 4 is 5.69 Å². The third-order valence-electron chi connectivity index (χ3n) is 3.78. The first-order chi connectivity index (χ1) is 8.23. The second kappa shape index (κ2) is 5.34. The lowest BCUT2D eigenvalue weighted by Crippen LogP contribution is -2.17. The molecule has 1 aromatic carbocycles. The lowest BCUT2D eigenvalue weighted by atomic mass is 9.79. The molecule has 0 radical (unpaired) electrons. The van der Waals surface area contributed by atoms with Crippen molar-refractivity contribution in [2.24, 2.45) is 0 Å². The second-order valence-corrected chi connectivity index (χ2v) is 6.50. The Kier molecular flexibility index (Phi) is 4.47. The molecule has 1 nitrogen and oxygen atoms in total. The first kappa shape index (κ1) is 15.1. The van der Waals surface area contributed by atoms with Gasteiger partial charge in [-0.05, 0) is 46.9 Å². The van der Waals surface area contributed by atoms with E-state index in [0.717, 1.165) is 6.42 Å². The van der Waals surface area contributed by atoms with Crippen molar-refractivity contribution in [3.05, 3.63) is 28.3 Å². The Bertz CT molecular complexity index is 422. The summed E-state index contributed by atoms with van der Waals surface area (Å²) in [6, 6.07) is 2.41. The molecule has 0 saturated carbocycles. The molecule has 0 bridgehead atoms. The molecule has 0 atom stereocenters. The standard InChI is InChI=1S/C17H29N/c1-9-13-12(4)15(17(5,6)7)10-14(11(2)3)16(13)18-8/h10-11,18H,9H2,1-8H3. The van der Waals surface area contributed by atoms with E-state index in [0.29, 0.717) is 5.92 Å². The van der Waals surface area contributed by atoms with Crippen LogP contribution in [0.2, 0.25) is 0 Å². The molecule has 0 aromatic heterocycles. The Balaban J connectivity index is 3.64. The van der Waals surface area contributed by atoms with Gasteiger partial charge in [0, 0.05) is 12.7 Å². The normalized spacial score (nSPS) is 12.1. The fourth-order valence-corrected chi connectivity index (χ4v) is 2.83. The summed E-state index contributed by atoms with van der Waals surface area (Å²) < 4.78 is 0. The maximum Gasteiger partial charge on any atom is 0.0408 e. The van der Waals surface area contributed by atoms with Crippen molar-refractivity contribution in [1.82, 2.24) is 0 Å². The molecular formula is C17H29N. The molecule has 1 N–H and O–H groups in total. The van der Waals surface area contributed by atoms with Crippen LogP contribution in [0.4, 0.5) is 5.69 Å². The Morgan fingerprint density at radius 3 is 2.11 bits per heavy atom. The highest BCUT2D eigenvalue weighted by molar-refractivity contribution is 5.64. The fourth-order valence-electron chi connectivity index (χ4n) is 2.83. The third kappa shape index (κ3) is 2.71. The molecule has 0 aliphatic carbocycles. The summed E-state index contributed by atoms with van der Waals surface area (Å²) in [5.74, 6) is 0.555. The monoisotopic (exact) mass is 247 g/mol. The average Bonchev–Trinajstić information content (AvgIpc) is 2.25. The van der Waals surface area contributed by atoms with Crippen molar-refractivity contribution in [3.63, 3.8) is 0 Å². The smallest absolute Gasteiger partial charge is 0.0408 e. The summed E-state index contributed by atoms with van der Waals surface area (Å²) in [6.45, 7) is 16.0. The maximum absolute atomic E-state index is 3.42. The summed E-state index contributed by atoms with van der Waals surface area (Å²) in [7, 11) is 2.04. The van der Waals surface area contributed by atoms with Gasteiger partial charge in [-0.15, -0.1) is 0 Å². The number of benzene rings is 1. The molecule has 0 heterocycles. The molecule has 0 unspecified atom stereocenters. The number of nitrogens with one attached hydrogen (secondary N) is 1. The van der Waals surface area contributed by atoms with E-state index in [1.165, 1.54) is 27.9 Å². The van der Waals surface area contributed by atoms with E-state index in [9.17, 15) is 0 Å². The Morgan fingerprint density at radius 1 is 1.22 bits per heavy atom. The summed E-state index contributed by atoms with van der Waals surface area (Å²) in [4.78, 5) is 0. The molecule has 18 heavy (non-hydrogen) atoms. The number of hydrogen-bond donors (Lipinski definition) is 1. The molecule has 102 valence electrons. The molecule has 0 aliphatic rings. The van der Waals surface area contributed by atoms with Crippen LogP contribution in [-0.2, 0) is 11.8 Å². The van der Waals surface area contributed by atoms with Crippen molar-refractivity contribution in [2.75, 3.05) is 12.4 Å². The van der Waals surface area contributed by atoms with Gasteiger partial charge in [-0.1, -0.05) is 47.6 Å². The molecular weight excluding hydrogens is 218 g/mol. The fraction of sp³-hybridized carbons (Fsp3) is 0.647. The predicted molar refractivity (Wildman–Crippen MR) is 82.9 cm³/mol. The molecule has 0 aliphatic heterocycles. The van der Waals surface area contributed by atoms with E-state index in [1.807, 2.05) is 7.05 Å². The SMILES string of the molecule is CCc1c(C)c(C(C)(C)C)cc(C(C)C)c1NC. The molecule has 0 spiro atoms. The van der Waals surface area contributed by atoms with Gasteiger partial charge in [0.15, 0.2) is 0 Å². The van der Waals surface area contributed by atoms with Gasteiger partial charge >= 0.3 is 0 Å². The number of hydrogen-bond acceptors (Lipinski definition) is 1. The van der Waals surface area contributed by atoms with Gasteiger partial charge in [0.2, 0.25) is 0 Å². The Hall–Kier alpha value is -0.980. The lowest BCUT2D eigenvalue weighted by Gasteiger charge is -2.28. The van der Waals surface area contributed by atoms with Gasteiger partial charge in [-0.3, -0.25) is 0 Å². The zero-order valence-electron chi connectivity index (χ0n) is 13.4. The zero-order chi connectivity index (χ0) is 14.1. The Morgan fingerprint density at radius 2 is 1.78 bits per heavy atom. The van der Waals surface area contributed by atoms with E-state index in [1.54, 1.807) is 0 Å². The quantitative estimate of drug-likeness (QED) is 0.790. The molecule has 1 rings (SSSR count). The second-order valence-electron chi connectivity index (χ2n) is 6.50. The molecule has 0 saturated heterocycles. The minimum atomic E-state index is 0.212. The first-order valence-corrected chi connectivity index (χ1v) is 7.08. The Labute approximate surface area is 113 Å². The lowest BCUT2D eigenvalue weighted by molar-refractivity contribution is 0.583. The van der Waals surface area contributed by atoms with Crippen LogP contribution in [0.1, 0.15) is 69.7 Å². The van der Waals surface area contributed by atoms with Crippen molar-refractivity contribution in [2.45, 2.75) is 66.2 Å². The van der Waals surface area contributed by atoms with Crippen LogP contribution in [-0.4, -0.2) is 7.05 Å². The van der Waals surface area contributed by atoms with Crippen LogP contribution in [0.25, 0.3) is 0 Å². The molecule has 1 aromatic rings. The van der Waals surface area contributed by atoms with Gasteiger partial charge < -0.3 is 5.32 Å². The van der Waals surface area contributed by atoms with Crippen LogP contribution in [0.3, 0.4) is 0 Å². The van der Waals surface area contributed by atoms with Crippen molar-refractivity contribution < 1.29 is 0 Å². The van der Waals surface area contributed by atoms with E-state index >= 15 is 0 Å². The largest absolute Gasteiger partial charge is 0.388 e. The minimum absolute atomic E-state index is 0.212. The van der Waals surface area contributed by atoms with E-state index in [-0.39, 0.29) is 5.41 Å². The maximum atomic E-state index is 3.42. The highest BCUT2D eigenvalue weighted by Gasteiger charge is 2.22. The van der Waals surface area contributed by atoms with Crippen LogP contribution in [0.5, 0.6) is 0 Å². The summed E-state index contributed by atoms with van der Waals surface area (Å²) in [6.07, 6.45) is 1.09. The molecule has 0 fully saturated rings. The van der Waals surface area contributed by atoms with E-state index in [4.69, 9.17) is 0 Å². The topological polar surface area (TPSA) is 12.0 Å². The predicted octanol–water partition coefficient (Wildman–Crippen LogP) is 5.02. The van der Waals surface area contributed by atoms with Gasteiger partial charge in [-0.2, -0.15) is 0 Å². The molecule has 1 heteroatoms. The summed E-state index contributed by atoms with van der Waals surface area (Å²) >= 11 is 0.